The molecule has 3 aliphatic rings. The Morgan fingerprint density at radius 1 is 1.10 bits per heavy atom. The van der Waals surface area contributed by atoms with Crippen LogP contribution in [0.2, 0.25) is 0 Å². The van der Waals surface area contributed by atoms with Gasteiger partial charge in [-0.3, -0.25) is 0 Å². The van der Waals surface area contributed by atoms with Crippen molar-refractivity contribution in [3.8, 4) is 22.6 Å². The highest BCUT2D eigenvalue weighted by Crippen LogP contribution is 2.39. The summed E-state index contributed by atoms with van der Waals surface area (Å²) in [6, 6.07) is 14.5. The van der Waals surface area contributed by atoms with Gasteiger partial charge < -0.3 is 15.0 Å². The van der Waals surface area contributed by atoms with Crippen molar-refractivity contribution in [3.63, 3.8) is 0 Å². The molecule has 148 valence electrons. The second kappa shape index (κ2) is 6.59. The van der Waals surface area contributed by atoms with E-state index >= 15 is 0 Å². The summed E-state index contributed by atoms with van der Waals surface area (Å²) in [5.74, 6) is 1.94. The molecule has 6 heteroatoms. The lowest BCUT2D eigenvalue weighted by Crippen LogP contribution is -2.47. The number of hydrogen-bond acceptors (Lipinski definition) is 5. The SMILES string of the molecule is CN(c1ccc2c(n1)COc1cc(-n3cccn3)ccc1-2)C1C[C@H]2CC[C@@H](C1)N2. The number of fused-ring (bicyclic) bond motifs is 5. The summed E-state index contributed by atoms with van der Waals surface area (Å²) in [4.78, 5) is 7.37. The molecule has 3 aromatic rings. The Morgan fingerprint density at radius 2 is 1.93 bits per heavy atom. The zero-order valence-corrected chi connectivity index (χ0v) is 16.6. The van der Waals surface area contributed by atoms with Crippen LogP contribution >= 0.6 is 0 Å². The molecule has 3 atom stereocenters. The van der Waals surface area contributed by atoms with Gasteiger partial charge in [-0.25, -0.2) is 9.67 Å². The van der Waals surface area contributed by atoms with Gasteiger partial charge in [0.05, 0.1) is 11.4 Å². The van der Waals surface area contributed by atoms with Gasteiger partial charge in [0.15, 0.2) is 0 Å². The summed E-state index contributed by atoms with van der Waals surface area (Å²) in [6.07, 6.45) is 8.78. The number of nitrogens with zero attached hydrogens (tertiary/aromatic N) is 4. The molecule has 6 nitrogen and oxygen atoms in total. The van der Waals surface area contributed by atoms with Gasteiger partial charge >= 0.3 is 0 Å². The third-order valence-corrected chi connectivity index (χ3v) is 6.71. The Kier molecular flexibility index (Phi) is 3.87. The van der Waals surface area contributed by atoms with Crippen molar-refractivity contribution in [1.82, 2.24) is 20.1 Å². The maximum atomic E-state index is 6.08. The summed E-state index contributed by atoms with van der Waals surface area (Å²) in [5, 5.41) is 8.04. The summed E-state index contributed by atoms with van der Waals surface area (Å²) >= 11 is 0. The van der Waals surface area contributed by atoms with Crippen LogP contribution in [0.25, 0.3) is 16.8 Å². The fraction of sp³-hybridized carbons (Fsp3) is 0.391. The zero-order chi connectivity index (χ0) is 19.4. The molecule has 0 aliphatic carbocycles. The molecule has 0 radical (unpaired) electrons. The van der Waals surface area contributed by atoms with Crippen molar-refractivity contribution in [2.24, 2.45) is 0 Å². The Morgan fingerprint density at radius 3 is 2.72 bits per heavy atom. The van der Waals surface area contributed by atoms with Crippen LogP contribution in [-0.4, -0.2) is 39.9 Å². The highest BCUT2D eigenvalue weighted by molar-refractivity contribution is 5.76. The van der Waals surface area contributed by atoms with Crippen LogP contribution in [0.1, 0.15) is 31.4 Å². The number of pyridine rings is 1. The number of benzene rings is 1. The van der Waals surface area contributed by atoms with E-state index in [2.05, 4.69) is 52.7 Å². The van der Waals surface area contributed by atoms with Crippen molar-refractivity contribution in [2.45, 2.75) is 50.4 Å². The Labute approximate surface area is 170 Å². The monoisotopic (exact) mass is 387 g/mol. The van der Waals surface area contributed by atoms with Crippen LogP contribution in [0.3, 0.4) is 0 Å². The van der Waals surface area contributed by atoms with Gasteiger partial charge in [-0.1, -0.05) is 0 Å². The van der Waals surface area contributed by atoms with Gasteiger partial charge in [0.1, 0.15) is 18.2 Å². The van der Waals surface area contributed by atoms with Gasteiger partial charge in [0, 0.05) is 54.8 Å². The average Bonchev–Trinajstić information content (AvgIpc) is 3.42. The minimum atomic E-state index is 0.504. The largest absolute Gasteiger partial charge is 0.487 e. The smallest absolute Gasteiger partial charge is 0.131 e. The second-order valence-electron chi connectivity index (χ2n) is 8.46. The third-order valence-electron chi connectivity index (χ3n) is 6.71. The quantitative estimate of drug-likeness (QED) is 0.745. The van der Waals surface area contributed by atoms with Crippen LogP contribution in [-0.2, 0) is 6.61 Å². The van der Waals surface area contributed by atoms with Gasteiger partial charge in [0.2, 0.25) is 0 Å². The fourth-order valence-corrected chi connectivity index (χ4v) is 5.14. The van der Waals surface area contributed by atoms with E-state index in [4.69, 9.17) is 9.72 Å². The highest BCUT2D eigenvalue weighted by atomic mass is 16.5. The number of hydrogen-bond donors (Lipinski definition) is 1. The fourth-order valence-electron chi connectivity index (χ4n) is 5.14. The molecular weight excluding hydrogens is 362 g/mol. The zero-order valence-electron chi connectivity index (χ0n) is 16.6. The first-order valence-corrected chi connectivity index (χ1v) is 10.5. The molecule has 1 N–H and O–H groups in total. The highest BCUT2D eigenvalue weighted by Gasteiger charge is 2.35. The van der Waals surface area contributed by atoms with E-state index in [0.717, 1.165) is 28.5 Å². The second-order valence-corrected chi connectivity index (χ2v) is 8.46. The summed E-state index contributed by atoms with van der Waals surface area (Å²) in [6.45, 7) is 0.504. The predicted octanol–water partition coefficient (Wildman–Crippen LogP) is 3.55. The van der Waals surface area contributed by atoms with Crippen molar-refractivity contribution >= 4 is 5.82 Å². The molecule has 0 saturated carbocycles. The van der Waals surface area contributed by atoms with E-state index in [1.807, 2.05) is 16.9 Å². The number of piperidine rings is 1. The molecule has 29 heavy (non-hydrogen) atoms. The van der Waals surface area contributed by atoms with Crippen LogP contribution in [0.4, 0.5) is 5.82 Å². The average molecular weight is 387 g/mol. The maximum absolute atomic E-state index is 6.08. The van der Waals surface area contributed by atoms with E-state index in [0.29, 0.717) is 24.7 Å². The molecule has 1 unspecified atom stereocenters. The molecule has 6 rings (SSSR count). The molecule has 3 aliphatic heterocycles. The first kappa shape index (κ1) is 17.0. The minimum absolute atomic E-state index is 0.504. The van der Waals surface area contributed by atoms with Crippen LogP contribution in [0.15, 0.2) is 48.8 Å². The number of aromatic nitrogens is 3. The first-order chi connectivity index (χ1) is 14.2. The Hall–Kier alpha value is -2.86. The maximum Gasteiger partial charge on any atom is 0.131 e. The van der Waals surface area contributed by atoms with Crippen LogP contribution < -0.4 is 15.0 Å². The van der Waals surface area contributed by atoms with E-state index < -0.39 is 0 Å². The Bertz CT molecular complexity index is 1040. The number of rotatable bonds is 3. The Balaban J connectivity index is 1.29. The van der Waals surface area contributed by atoms with E-state index in [9.17, 15) is 0 Å². The standard InChI is InChI=1S/C23H25N5O/c1-27(18-11-15-3-4-16(12-18)25-15)23-8-7-19-20-6-5-17(28-10-2-9-24-28)13-22(20)29-14-21(19)26-23/h2,5-10,13,15-16,18,25H,3-4,11-12,14H2,1H3/t15-,16+,18?. The van der Waals surface area contributed by atoms with Crippen molar-refractivity contribution < 1.29 is 4.74 Å². The van der Waals surface area contributed by atoms with Crippen LogP contribution in [0.5, 0.6) is 5.75 Å². The molecule has 2 bridgehead atoms. The molecule has 1 aromatic carbocycles. The van der Waals surface area contributed by atoms with E-state index in [-0.39, 0.29) is 0 Å². The lowest BCUT2D eigenvalue weighted by atomic mass is 9.98. The molecule has 5 heterocycles. The molecule has 0 spiro atoms. The van der Waals surface area contributed by atoms with Gasteiger partial charge in [-0.05, 0) is 56.0 Å². The number of anilines is 1. The molecule has 2 saturated heterocycles. The molecular formula is C23H25N5O. The lowest BCUT2D eigenvalue weighted by molar-refractivity contribution is 0.297. The number of ether oxygens (including phenoxy) is 1. The van der Waals surface area contributed by atoms with Crippen LogP contribution in [0, 0.1) is 0 Å². The summed E-state index contributed by atoms with van der Waals surface area (Å²) in [7, 11) is 2.19. The van der Waals surface area contributed by atoms with Gasteiger partial charge in [-0.15, -0.1) is 0 Å². The summed E-state index contributed by atoms with van der Waals surface area (Å²) in [5.41, 5.74) is 4.29. The van der Waals surface area contributed by atoms with Crippen molar-refractivity contribution in [3.05, 3.63) is 54.5 Å². The molecule has 0 amide bonds. The normalized spacial score (nSPS) is 24.5. The van der Waals surface area contributed by atoms with Crippen molar-refractivity contribution in [1.29, 1.82) is 0 Å². The first-order valence-electron chi connectivity index (χ1n) is 10.5. The van der Waals surface area contributed by atoms with Gasteiger partial charge in [-0.2, -0.15) is 5.10 Å². The topological polar surface area (TPSA) is 55.2 Å². The molecule has 2 aromatic heterocycles. The van der Waals surface area contributed by atoms with E-state index in [1.54, 1.807) is 6.20 Å². The van der Waals surface area contributed by atoms with E-state index in [1.165, 1.54) is 31.2 Å². The van der Waals surface area contributed by atoms with Gasteiger partial charge in [0.25, 0.3) is 0 Å². The summed E-state index contributed by atoms with van der Waals surface area (Å²) < 4.78 is 7.93. The van der Waals surface area contributed by atoms with Crippen molar-refractivity contribution in [2.75, 3.05) is 11.9 Å². The number of nitrogens with one attached hydrogen (secondary N) is 1. The lowest BCUT2D eigenvalue weighted by Gasteiger charge is -2.36. The minimum Gasteiger partial charge on any atom is -0.487 e. The third kappa shape index (κ3) is 2.90. The predicted molar refractivity (Wildman–Crippen MR) is 112 cm³/mol. The molecule has 2 fully saturated rings.